The highest BCUT2D eigenvalue weighted by molar-refractivity contribution is 6.19. The Balaban J connectivity index is 1.42. The number of nitrogens with zero attached hydrogens (tertiary/aromatic N) is 4. The lowest BCUT2D eigenvalue weighted by Gasteiger charge is -2.32. The Kier molecular flexibility index (Phi) is 10.0. The highest BCUT2D eigenvalue weighted by atomic mass is 15.1. The topological polar surface area (TPSA) is 81.3 Å². The van der Waals surface area contributed by atoms with Crippen LogP contribution in [0.5, 0.6) is 0 Å². The van der Waals surface area contributed by atoms with E-state index in [9.17, 15) is 0 Å². The number of hydrogen-bond donors (Lipinski definition) is 3. The molecule has 256 valence electrons. The number of fused-ring (bicyclic) bond motifs is 2. The fourth-order valence-corrected chi connectivity index (χ4v) is 7.24. The van der Waals surface area contributed by atoms with E-state index in [2.05, 4.69) is 117 Å². The zero-order valence-corrected chi connectivity index (χ0v) is 30.2. The molecular weight excluding hydrogens is 591 g/mol. The van der Waals surface area contributed by atoms with E-state index in [1.165, 1.54) is 55.5 Å². The van der Waals surface area contributed by atoms with Crippen molar-refractivity contribution in [2.24, 2.45) is 15.7 Å². The first-order valence-corrected chi connectivity index (χ1v) is 18.2. The molecule has 1 atom stereocenters. The number of aliphatic imine (C=N–C) groups is 2. The molecule has 6 rings (SSSR count). The lowest BCUT2D eigenvalue weighted by atomic mass is 9.95. The summed E-state index contributed by atoms with van der Waals surface area (Å²) in [6.45, 7) is 17.8. The van der Waals surface area contributed by atoms with E-state index in [0.29, 0.717) is 12.8 Å². The molecule has 0 spiro atoms. The van der Waals surface area contributed by atoms with Crippen molar-refractivity contribution >= 4 is 34.3 Å². The molecule has 4 aliphatic heterocycles. The summed E-state index contributed by atoms with van der Waals surface area (Å²) in [7, 11) is 0. The van der Waals surface area contributed by atoms with Crippen LogP contribution in [0.25, 0.3) is 0 Å². The van der Waals surface area contributed by atoms with Crippen molar-refractivity contribution in [1.29, 1.82) is 0 Å². The molecule has 2 saturated heterocycles. The van der Waals surface area contributed by atoms with Crippen LogP contribution in [0.1, 0.15) is 110 Å². The Morgan fingerprint density at radius 2 is 1.33 bits per heavy atom. The molecule has 0 aliphatic carbocycles. The lowest BCUT2D eigenvalue weighted by molar-refractivity contribution is 0.577. The number of dihydropyridines is 1. The molecule has 7 nitrogen and oxygen atoms in total. The summed E-state index contributed by atoms with van der Waals surface area (Å²) in [4.78, 5) is 15.8. The minimum absolute atomic E-state index is 0.0983. The zero-order valence-electron chi connectivity index (χ0n) is 30.2. The predicted molar refractivity (Wildman–Crippen MR) is 207 cm³/mol. The van der Waals surface area contributed by atoms with Crippen molar-refractivity contribution in [3.05, 3.63) is 83.1 Å². The summed E-state index contributed by atoms with van der Waals surface area (Å²) in [6, 6.07) is 13.6. The molecule has 0 aromatic heterocycles. The van der Waals surface area contributed by atoms with Crippen LogP contribution in [0.15, 0.2) is 82.0 Å². The molecule has 4 aliphatic rings. The minimum Gasteiger partial charge on any atom is -0.402 e. The summed E-state index contributed by atoms with van der Waals surface area (Å²) in [6.07, 6.45) is 17.5. The Morgan fingerprint density at radius 1 is 0.750 bits per heavy atom. The van der Waals surface area contributed by atoms with Gasteiger partial charge < -0.3 is 26.2 Å². The third-order valence-corrected chi connectivity index (χ3v) is 9.43. The van der Waals surface area contributed by atoms with E-state index in [-0.39, 0.29) is 17.1 Å². The second kappa shape index (κ2) is 14.2. The van der Waals surface area contributed by atoms with E-state index in [1.807, 2.05) is 6.08 Å². The molecule has 2 aromatic carbocycles. The number of nitrogens with one attached hydrogen (secondary N) is 2. The van der Waals surface area contributed by atoms with Gasteiger partial charge in [0.05, 0.1) is 11.8 Å². The second-order valence-electron chi connectivity index (χ2n) is 16.1. The number of benzene rings is 2. The van der Waals surface area contributed by atoms with Gasteiger partial charge >= 0.3 is 0 Å². The maximum absolute atomic E-state index is 6.64. The molecule has 2 fully saturated rings. The number of piperidine rings is 2. The van der Waals surface area contributed by atoms with Gasteiger partial charge in [0.1, 0.15) is 5.84 Å². The van der Waals surface area contributed by atoms with Crippen LogP contribution in [0, 0.1) is 0 Å². The van der Waals surface area contributed by atoms with Crippen molar-refractivity contribution < 1.29 is 0 Å². The second-order valence-corrected chi connectivity index (χ2v) is 16.1. The van der Waals surface area contributed by atoms with E-state index in [0.717, 1.165) is 65.9 Å². The van der Waals surface area contributed by atoms with Crippen molar-refractivity contribution in [2.45, 2.75) is 110 Å². The molecule has 4 heterocycles. The molecule has 1 unspecified atom stereocenters. The van der Waals surface area contributed by atoms with Gasteiger partial charge in [0.25, 0.3) is 0 Å². The Bertz CT molecular complexity index is 1620. The van der Waals surface area contributed by atoms with Crippen LogP contribution in [-0.4, -0.2) is 48.8 Å². The smallest absolute Gasteiger partial charge is 0.129 e. The van der Waals surface area contributed by atoms with Crippen LogP contribution < -0.4 is 26.2 Å². The molecule has 48 heavy (non-hydrogen) atoms. The van der Waals surface area contributed by atoms with Gasteiger partial charge in [-0.25, -0.2) is 4.99 Å². The van der Waals surface area contributed by atoms with Crippen molar-refractivity contribution in [3.8, 4) is 0 Å². The number of hydrogen-bond acceptors (Lipinski definition) is 7. The number of nitrogens with two attached hydrogens (primary N) is 1. The fraction of sp³-hybridized carbons (Fsp3) is 0.512. The largest absolute Gasteiger partial charge is 0.402 e. The Hall–Kier alpha value is -4.00. The van der Waals surface area contributed by atoms with Crippen LogP contribution >= 0.6 is 0 Å². The van der Waals surface area contributed by atoms with Crippen LogP contribution in [0.2, 0.25) is 0 Å². The maximum atomic E-state index is 6.64. The number of rotatable bonds is 6. The number of anilines is 4. The van der Waals surface area contributed by atoms with Gasteiger partial charge in [0.15, 0.2) is 0 Å². The highest BCUT2D eigenvalue weighted by Gasteiger charge is 2.25. The van der Waals surface area contributed by atoms with Gasteiger partial charge in [-0.2, -0.15) is 0 Å². The molecule has 0 saturated carbocycles. The van der Waals surface area contributed by atoms with Gasteiger partial charge in [-0.15, -0.1) is 0 Å². The number of amidine groups is 1. The first-order chi connectivity index (χ1) is 22.9. The van der Waals surface area contributed by atoms with Crippen molar-refractivity contribution in [3.63, 3.8) is 0 Å². The summed E-state index contributed by atoms with van der Waals surface area (Å²) in [5.41, 5.74) is 16.4. The summed E-state index contributed by atoms with van der Waals surface area (Å²) < 4.78 is 0. The van der Waals surface area contributed by atoms with Crippen molar-refractivity contribution in [1.82, 2.24) is 0 Å². The standard InChI is InChI=1S/C41H57N7/c1-40(2,3)45-37-27-31(47-20-9-7-10-21-47)16-18-33(37)35-24-29-14-13-15-30(42)26-36(44-39(25-29)43-35)34-19-17-32(48-22-11-8-12-23-48)28-38(34)46-41(4,5)6/h13-19,24,27-28,36,45-46H,7-12,20-23,25-26,42H2,1-6H3/b14-13-,30-15-,44-39?. The molecule has 0 amide bonds. The molecular formula is C41H57N7. The summed E-state index contributed by atoms with van der Waals surface area (Å²) in [5, 5.41) is 7.64. The lowest BCUT2D eigenvalue weighted by Crippen LogP contribution is -2.31. The quantitative estimate of drug-likeness (QED) is 0.291. The summed E-state index contributed by atoms with van der Waals surface area (Å²) in [5.74, 6) is 0.843. The highest BCUT2D eigenvalue weighted by Crippen LogP contribution is 2.37. The maximum Gasteiger partial charge on any atom is 0.129 e. The van der Waals surface area contributed by atoms with Gasteiger partial charge in [-0.1, -0.05) is 18.2 Å². The monoisotopic (exact) mass is 647 g/mol. The minimum atomic E-state index is -0.166. The molecule has 2 bridgehead atoms. The van der Waals surface area contributed by atoms with E-state index >= 15 is 0 Å². The first kappa shape index (κ1) is 33.9. The first-order valence-electron chi connectivity index (χ1n) is 18.2. The Labute approximate surface area is 289 Å². The average Bonchev–Trinajstić information content (AvgIpc) is 3.03. The molecule has 7 heteroatoms. The van der Waals surface area contributed by atoms with Crippen LogP contribution in [-0.2, 0) is 0 Å². The van der Waals surface area contributed by atoms with Gasteiger partial charge in [-0.05, 0) is 128 Å². The van der Waals surface area contributed by atoms with Crippen LogP contribution in [0.4, 0.5) is 22.7 Å². The van der Waals surface area contributed by atoms with E-state index in [4.69, 9.17) is 15.7 Å². The number of allylic oxidation sites excluding steroid dienone is 4. The fourth-order valence-electron chi connectivity index (χ4n) is 7.24. The summed E-state index contributed by atoms with van der Waals surface area (Å²) >= 11 is 0. The third-order valence-electron chi connectivity index (χ3n) is 9.43. The van der Waals surface area contributed by atoms with Crippen LogP contribution in [0.3, 0.4) is 0 Å². The predicted octanol–water partition coefficient (Wildman–Crippen LogP) is 9.15. The van der Waals surface area contributed by atoms with Gasteiger partial charge in [0.2, 0.25) is 0 Å². The van der Waals surface area contributed by atoms with Crippen molar-refractivity contribution in [2.75, 3.05) is 46.6 Å². The third kappa shape index (κ3) is 8.72. The normalized spacial score (nSPS) is 22.5. The SMILES string of the molecule is CC(C)(C)Nc1cc(N2CCCCC2)ccc1C1=NC2=NC(c3ccc(N4CCCCC4)cc3NC(C)(C)C)C/C(N)=C/C=C\C(=C1)C2. The Morgan fingerprint density at radius 3 is 1.96 bits per heavy atom. The molecule has 2 aromatic rings. The van der Waals surface area contributed by atoms with E-state index < -0.39 is 0 Å². The molecule has 4 N–H and O–H groups in total. The average molecular weight is 648 g/mol. The molecule has 0 radical (unpaired) electrons. The van der Waals surface area contributed by atoms with Gasteiger partial charge in [0, 0.05) is 89.7 Å². The van der Waals surface area contributed by atoms with Gasteiger partial charge in [-0.3, -0.25) is 4.99 Å². The zero-order chi connectivity index (χ0) is 33.9. The van der Waals surface area contributed by atoms with E-state index in [1.54, 1.807) is 0 Å².